The lowest BCUT2D eigenvalue weighted by Crippen LogP contribution is -2.33. The van der Waals surface area contributed by atoms with Crippen molar-refractivity contribution in [2.24, 2.45) is 5.92 Å². The van der Waals surface area contributed by atoms with Gasteiger partial charge in [0.2, 0.25) is 0 Å². The van der Waals surface area contributed by atoms with Crippen LogP contribution in [0.3, 0.4) is 0 Å². The van der Waals surface area contributed by atoms with Crippen LogP contribution < -0.4 is 5.32 Å². The van der Waals surface area contributed by atoms with Gasteiger partial charge in [0, 0.05) is 0 Å². The van der Waals surface area contributed by atoms with Crippen LogP contribution in [0.15, 0.2) is 16.7 Å². The summed E-state index contributed by atoms with van der Waals surface area (Å²) in [5, 5.41) is 3.61. The maximum atomic E-state index is 5.62. The summed E-state index contributed by atoms with van der Waals surface area (Å²) in [6.45, 7) is 1.12. The van der Waals surface area contributed by atoms with E-state index in [9.17, 15) is 0 Å². The van der Waals surface area contributed by atoms with Gasteiger partial charge in [-0.3, -0.25) is 0 Å². The number of fused-ring (bicyclic) bond motifs is 1. The normalized spacial score (nSPS) is 27.9. The Morgan fingerprint density at radius 2 is 2.14 bits per heavy atom. The average molecular weight is 191 g/mol. The Hall–Kier alpha value is -0.760. The Labute approximate surface area is 84.7 Å². The van der Waals surface area contributed by atoms with Gasteiger partial charge in [-0.15, -0.1) is 0 Å². The lowest BCUT2D eigenvalue weighted by atomic mass is 9.91. The summed E-state index contributed by atoms with van der Waals surface area (Å²) in [5.74, 6) is 2.04. The highest BCUT2D eigenvalue weighted by molar-refractivity contribution is 5.24. The van der Waals surface area contributed by atoms with Crippen molar-refractivity contribution >= 4 is 0 Å². The van der Waals surface area contributed by atoms with Gasteiger partial charge >= 0.3 is 0 Å². The van der Waals surface area contributed by atoms with Crippen molar-refractivity contribution in [3.8, 4) is 0 Å². The molecule has 0 amide bonds. The molecule has 76 valence electrons. The van der Waals surface area contributed by atoms with Gasteiger partial charge in [-0.1, -0.05) is 12.8 Å². The molecule has 0 bridgehead atoms. The van der Waals surface area contributed by atoms with Crippen molar-refractivity contribution in [3.63, 3.8) is 0 Å². The minimum absolute atomic E-state index is 0.510. The van der Waals surface area contributed by atoms with Crippen LogP contribution in [-0.2, 0) is 6.42 Å². The van der Waals surface area contributed by atoms with E-state index in [4.69, 9.17) is 4.42 Å². The molecule has 1 N–H and O–H groups in total. The van der Waals surface area contributed by atoms with E-state index in [0.29, 0.717) is 6.04 Å². The van der Waals surface area contributed by atoms with Crippen molar-refractivity contribution in [3.05, 3.63) is 23.7 Å². The standard InChI is InChI=1S/C12H17NO/c1-2-4-9(3-1)11-12-10(5-7-13-11)6-8-14-12/h6,8-9,11,13H,1-5,7H2. The van der Waals surface area contributed by atoms with Gasteiger partial charge in [0.05, 0.1) is 12.3 Å². The third-order valence-corrected chi connectivity index (χ3v) is 3.69. The zero-order valence-corrected chi connectivity index (χ0v) is 8.46. The Bertz CT molecular complexity index is 312. The molecule has 1 aliphatic heterocycles. The Balaban J connectivity index is 1.88. The summed E-state index contributed by atoms with van der Waals surface area (Å²) in [4.78, 5) is 0. The molecule has 0 spiro atoms. The van der Waals surface area contributed by atoms with Crippen LogP contribution in [0.1, 0.15) is 43.0 Å². The Kier molecular flexibility index (Phi) is 2.09. The second-order valence-electron chi connectivity index (χ2n) is 4.54. The number of furan rings is 1. The van der Waals surface area contributed by atoms with Crippen LogP contribution in [0.5, 0.6) is 0 Å². The molecular weight excluding hydrogens is 174 g/mol. The topological polar surface area (TPSA) is 25.2 Å². The number of nitrogens with one attached hydrogen (secondary N) is 1. The van der Waals surface area contributed by atoms with Crippen molar-refractivity contribution in [2.75, 3.05) is 6.54 Å². The largest absolute Gasteiger partial charge is 0.467 e. The Morgan fingerprint density at radius 1 is 1.29 bits per heavy atom. The predicted molar refractivity (Wildman–Crippen MR) is 55.1 cm³/mol. The summed E-state index contributed by atoms with van der Waals surface area (Å²) >= 11 is 0. The molecule has 0 aromatic carbocycles. The van der Waals surface area contributed by atoms with Crippen LogP contribution in [0, 0.1) is 5.92 Å². The smallest absolute Gasteiger partial charge is 0.124 e. The van der Waals surface area contributed by atoms with Crippen LogP contribution in [0.4, 0.5) is 0 Å². The highest BCUT2D eigenvalue weighted by atomic mass is 16.3. The van der Waals surface area contributed by atoms with E-state index < -0.39 is 0 Å². The van der Waals surface area contributed by atoms with E-state index in [0.717, 1.165) is 18.9 Å². The quantitative estimate of drug-likeness (QED) is 0.738. The molecule has 1 atom stereocenters. The molecule has 0 radical (unpaired) electrons. The summed E-state index contributed by atoms with van der Waals surface area (Å²) in [6.07, 6.45) is 8.53. The van der Waals surface area contributed by atoms with Crippen LogP contribution in [0.25, 0.3) is 0 Å². The highest BCUT2D eigenvalue weighted by Crippen LogP contribution is 2.38. The van der Waals surface area contributed by atoms with Crippen LogP contribution in [-0.4, -0.2) is 6.54 Å². The van der Waals surface area contributed by atoms with Crippen LogP contribution >= 0.6 is 0 Å². The minimum Gasteiger partial charge on any atom is -0.467 e. The Morgan fingerprint density at radius 3 is 3.00 bits per heavy atom. The zero-order valence-electron chi connectivity index (χ0n) is 8.46. The van der Waals surface area contributed by atoms with Gasteiger partial charge in [0.1, 0.15) is 5.76 Å². The van der Waals surface area contributed by atoms with Crippen molar-refractivity contribution in [1.29, 1.82) is 0 Å². The molecule has 2 heterocycles. The molecule has 1 unspecified atom stereocenters. The highest BCUT2D eigenvalue weighted by Gasteiger charge is 2.31. The molecule has 14 heavy (non-hydrogen) atoms. The first-order chi connectivity index (χ1) is 6.95. The van der Waals surface area contributed by atoms with Gasteiger partial charge in [-0.05, 0) is 43.4 Å². The van der Waals surface area contributed by atoms with Gasteiger partial charge in [-0.25, -0.2) is 0 Å². The molecule has 1 aromatic heterocycles. The maximum absolute atomic E-state index is 5.62. The van der Waals surface area contributed by atoms with Gasteiger partial charge < -0.3 is 9.73 Å². The average Bonchev–Trinajstić information content (AvgIpc) is 2.88. The van der Waals surface area contributed by atoms with E-state index in [1.165, 1.54) is 37.0 Å². The van der Waals surface area contributed by atoms with E-state index in [1.807, 2.05) is 6.26 Å². The van der Waals surface area contributed by atoms with Crippen molar-refractivity contribution < 1.29 is 4.42 Å². The third-order valence-electron chi connectivity index (χ3n) is 3.69. The molecule has 2 aliphatic rings. The molecule has 2 heteroatoms. The van der Waals surface area contributed by atoms with Crippen molar-refractivity contribution in [1.82, 2.24) is 5.32 Å². The fourth-order valence-electron chi connectivity index (χ4n) is 2.95. The summed E-state index contributed by atoms with van der Waals surface area (Å²) in [6, 6.07) is 2.65. The third kappa shape index (κ3) is 1.29. The van der Waals surface area contributed by atoms with Gasteiger partial charge in [0.15, 0.2) is 0 Å². The first-order valence-electron chi connectivity index (χ1n) is 5.75. The van der Waals surface area contributed by atoms with Gasteiger partial charge in [-0.2, -0.15) is 0 Å². The zero-order chi connectivity index (χ0) is 9.38. The number of hydrogen-bond acceptors (Lipinski definition) is 2. The lowest BCUT2D eigenvalue weighted by molar-refractivity contribution is 0.298. The molecule has 1 aromatic rings. The molecule has 3 rings (SSSR count). The van der Waals surface area contributed by atoms with E-state index in [-0.39, 0.29) is 0 Å². The first-order valence-corrected chi connectivity index (χ1v) is 5.75. The fourth-order valence-corrected chi connectivity index (χ4v) is 2.95. The molecular formula is C12H17NO. The predicted octanol–water partition coefficient (Wildman–Crippen LogP) is 2.66. The first kappa shape index (κ1) is 8.54. The monoisotopic (exact) mass is 191 g/mol. The van der Waals surface area contributed by atoms with Crippen molar-refractivity contribution in [2.45, 2.75) is 38.1 Å². The second kappa shape index (κ2) is 3.43. The van der Waals surface area contributed by atoms with Gasteiger partial charge in [0.25, 0.3) is 0 Å². The number of hydrogen-bond donors (Lipinski definition) is 1. The summed E-state index contributed by atoms with van der Waals surface area (Å²) in [5.41, 5.74) is 1.43. The summed E-state index contributed by atoms with van der Waals surface area (Å²) in [7, 11) is 0. The minimum atomic E-state index is 0.510. The molecule has 1 fully saturated rings. The molecule has 1 aliphatic carbocycles. The lowest BCUT2D eigenvalue weighted by Gasteiger charge is -2.27. The molecule has 1 saturated carbocycles. The SMILES string of the molecule is c1cc2c(o1)C(C1CCCC1)NCC2. The van der Waals surface area contributed by atoms with Crippen LogP contribution in [0.2, 0.25) is 0 Å². The summed E-state index contributed by atoms with van der Waals surface area (Å²) < 4.78 is 5.62. The number of rotatable bonds is 1. The van der Waals surface area contributed by atoms with E-state index >= 15 is 0 Å². The molecule has 0 saturated heterocycles. The second-order valence-corrected chi connectivity index (χ2v) is 4.54. The fraction of sp³-hybridized carbons (Fsp3) is 0.667. The van der Waals surface area contributed by atoms with E-state index in [1.54, 1.807) is 0 Å². The molecule has 2 nitrogen and oxygen atoms in total. The maximum Gasteiger partial charge on any atom is 0.124 e. The van der Waals surface area contributed by atoms with E-state index in [2.05, 4.69) is 11.4 Å².